The van der Waals surface area contributed by atoms with E-state index in [2.05, 4.69) is 12.1 Å². The third kappa shape index (κ3) is 5.37. The van der Waals surface area contributed by atoms with E-state index >= 15 is 0 Å². The fourth-order valence-corrected chi connectivity index (χ4v) is 4.20. The molecule has 0 aliphatic carbocycles. The number of hydrogen-bond acceptors (Lipinski definition) is 4. The Morgan fingerprint density at radius 2 is 1.74 bits per heavy atom. The highest BCUT2D eigenvalue weighted by Gasteiger charge is 2.35. The summed E-state index contributed by atoms with van der Waals surface area (Å²) < 4.78 is 5.89. The summed E-state index contributed by atoms with van der Waals surface area (Å²) in [5, 5.41) is 0.283. The molecule has 0 unspecified atom stereocenters. The predicted octanol–water partition coefficient (Wildman–Crippen LogP) is 6.46. The Labute approximate surface area is 190 Å². The topological polar surface area (TPSA) is 46.6 Å². The molecule has 1 saturated heterocycles. The lowest BCUT2D eigenvalue weighted by Crippen LogP contribution is -2.27. The molecule has 156 valence electrons. The van der Waals surface area contributed by atoms with Crippen molar-refractivity contribution in [1.82, 2.24) is 4.90 Å². The van der Waals surface area contributed by atoms with E-state index < -0.39 is 0 Å². The number of ether oxygens (including phenoxy) is 1. The van der Waals surface area contributed by atoms with Crippen molar-refractivity contribution in [2.24, 2.45) is 0 Å². The lowest BCUT2D eigenvalue weighted by molar-refractivity contribution is -0.123. The average molecular weight is 450 g/mol. The zero-order valence-electron chi connectivity index (χ0n) is 16.9. The van der Waals surface area contributed by atoms with E-state index in [1.807, 2.05) is 49.4 Å². The number of carbonyl (C=O) groups is 2. The fraction of sp³-hybridized carbons (Fsp3) is 0.120. The number of hydrogen-bond donors (Lipinski definition) is 0. The molecule has 1 aliphatic rings. The van der Waals surface area contributed by atoms with E-state index in [1.54, 1.807) is 24.3 Å². The maximum absolute atomic E-state index is 12.8. The van der Waals surface area contributed by atoms with Crippen LogP contribution in [0.25, 0.3) is 6.08 Å². The largest absolute Gasteiger partial charge is 0.489 e. The minimum Gasteiger partial charge on any atom is -0.489 e. The summed E-state index contributed by atoms with van der Waals surface area (Å²) in [4.78, 5) is 26.8. The lowest BCUT2D eigenvalue weighted by atomic mass is 10.1. The molecule has 0 spiro atoms. The third-order valence-electron chi connectivity index (χ3n) is 4.79. The van der Waals surface area contributed by atoms with Crippen LogP contribution in [0.15, 0.2) is 77.7 Å². The number of amides is 2. The maximum atomic E-state index is 12.8. The minimum absolute atomic E-state index is 0.197. The molecule has 31 heavy (non-hydrogen) atoms. The van der Waals surface area contributed by atoms with Crippen LogP contribution in [0.2, 0.25) is 5.02 Å². The molecule has 0 N–H and O–H groups in total. The second-order valence-electron chi connectivity index (χ2n) is 7.24. The SMILES string of the molecule is Cc1ccc(COc2cccc(/C=C3\SC(=O)N(Cc4cccc(Cl)c4)C3=O)c2)cc1. The summed E-state index contributed by atoms with van der Waals surface area (Å²) in [6.07, 6.45) is 1.72. The first kappa shape index (κ1) is 21.2. The molecule has 4 rings (SSSR count). The number of carbonyl (C=O) groups excluding carboxylic acids is 2. The van der Waals surface area contributed by atoms with Crippen LogP contribution < -0.4 is 4.74 Å². The van der Waals surface area contributed by atoms with Crippen molar-refractivity contribution in [1.29, 1.82) is 0 Å². The molecule has 3 aromatic carbocycles. The molecule has 2 amide bonds. The lowest BCUT2D eigenvalue weighted by Gasteiger charge is -2.12. The quantitative estimate of drug-likeness (QED) is 0.405. The molecule has 3 aromatic rings. The first-order valence-electron chi connectivity index (χ1n) is 9.76. The van der Waals surface area contributed by atoms with Crippen molar-refractivity contribution >= 4 is 40.6 Å². The highest BCUT2D eigenvalue weighted by atomic mass is 35.5. The van der Waals surface area contributed by atoms with Gasteiger partial charge in [-0.05, 0) is 65.7 Å². The minimum atomic E-state index is -0.305. The smallest absolute Gasteiger partial charge is 0.293 e. The van der Waals surface area contributed by atoms with Gasteiger partial charge in [0.1, 0.15) is 12.4 Å². The number of nitrogens with zero attached hydrogens (tertiary/aromatic N) is 1. The zero-order valence-corrected chi connectivity index (χ0v) is 18.5. The van der Waals surface area contributed by atoms with Gasteiger partial charge in [-0.1, -0.05) is 65.7 Å². The van der Waals surface area contributed by atoms with Crippen LogP contribution in [0.4, 0.5) is 4.79 Å². The van der Waals surface area contributed by atoms with Crippen molar-refractivity contribution in [2.45, 2.75) is 20.1 Å². The number of rotatable bonds is 6. The van der Waals surface area contributed by atoms with E-state index in [1.165, 1.54) is 10.5 Å². The van der Waals surface area contributed by atoms with Crippen LogP contribution in [0.5, 0.6) is 5.75 Å². The van der Waals surface area contributed by atoms with E-state index in [9.17, 15) is 9.59 Å². The monoisotopic (exact) mass is 449 g/mol. The summed E-state index contributed by atoms with van der Waals surface area (Å²) in [6.45, 7) is 2.70. The molecule has 0 aromatic heterocycles. The molecule has 0 radical (unpaired) electrons. The number of benzene rings is 3. The number of halogens is 1. The van der Waals surface area contributed by atoms with Gasteiger partial charge in [0.2, 0.25) is 0 Å². The van der Waals surface area contributed by atoms with Crippen LogP contribution in [0, 0.1) is 6.92 Å². The first-order valence-corrected chi connectivity index (χ1v) is 11.0. The highest BCUT2D eigenvalue weighted by molar-refractivity contribution is 8.18. The highest BCUT2D eigenvalue weighted by Crippen LogP contribution is 2.34. The van der Waals surface area contributed by atoms with Crippen LogP contribution in [-0.4, -0.2) is 16.0 Å². The third-order valence-corrected chi connectivity index (χ3v) is 5.93. The number of thioether (sulfide) groups is 1. The van der Waals surface area contributed by atoms with E-state index in [0.29, 0.717) is 22.3 Å². The molecule has 0 atom stereocenters. The number of imide groups is 1. The van der Waals surface area contributed by atoms with Gasteiger partial charge in [0.05, 0.1) is 11.4 Å². The summed E-state index contributed by atoms with van der Waals surface area (Å²) in [5.41, 5.74) is 3.89. The fourth-order valence-electron chi connectivity index (χ4n) is 3.15. The van der Waals surface area contributed by atoms with E-state index in [4.69, 9.17) is 16.3 Å². The molecular formula is C25H20ClNO3S. The molecule has 1 aliphatic heterocycles. The van der Waals surface area contributed by atoms with Crippen molar-refractivity contribution in [3.8, 4) is 5.75 Å². The standard InChI is InChI=1S/C25H20ClNO3S/c1-17-8-10-18(11-9-17)16-30-22-7-3-4-19(13-22)14-23-24(28)27(25(29)31-23)15-20-5-2-6-21(26)12-20/h2-14H,15-16H2,1H3/b23-14-. The van der Waals surface area contributed by atoms with Crippen molar-refractivity contribution in [3.05, 3.63) is 105 Å². The second kappa shape index (κ2) is 9.41. The van der Waals surface area contributed by atoms with Gasteiger partial charge in [0.25, 0.3) is 11.1 Å². The average Bonchev–Trinajstić information content (AvgIpc) is 3.01. The van der Waals surface area contributed by atoms with Crippen molar-refractivity contribution in [3.63, 3.8) is 0 Å². The Morgan fingerprint density at radius 1 is 0.968 bits per heavy atom. The second-order valence-corrected chi connectivity index (χ2v) is 8.67. The normalized spacial score (nSPS) is 15.0. The maximum Gasteiger partial charge on any atom is 0.293 e. The Hall–Kier alpha value is -3.02. The van der Waals surface area contributed by atoms with Crippen LogP contribution in [0.3, 0.4) is 0 Å². The molecule has 1 heterocycles. The summed E-state index contributed by atoms with van der Waals surface area (Å²) in [5.74, 6) is 0.397. The van der Waals surface area contributed by atoms with Gasteiger partial charge in [0, 0.05) is 5.02 Å². The zero-order chi connectivity index (χ0) is 21.8. The van der Waals surface area contributed by atoms with Gasteiger partial charge in [-0.3, -0.25) is 14.5 Å². The summed E-state index contributed by atoms with van der Waals surface area (Å²) in [6, 6.07) is 22.8. The molecular weight excluding hydrogens is 430 g/mol. The molecule has 1 fully saturated rings. The number of aryl methyl sites for hydroxylation is 1. The van der Waals surface area contributed by atoms with Crippen molar-refractivity contribution in [2.75, 3.05) is 0 Å². The Kier molecular flexibility index (Phi) is 6.44. The predicted molar refractivity (Wildman–Crippen MR) is 125 cm³/mol. The van der Waals surface area contributed by atoms with Gasteiger partial charge in [-0.15, -0.1) is 0 Å². The van der Waals surface area contributed by atoms with Crippen molar-refractivity contribution < 1.29 is 14.3 Å². The van der Waals surface area contributed by atoms with Gasteiger partial charge in [-0.2, -0.15) is 0 Å². The Balaban J connectivity index is 1.45. The van der Waals surface area contributed by atoms with Gasteiger partial charge >= 0.3 is 0 Å². The first-order chi connectivity index (χ1) is 15.0. The van der Waals surface area contributed by atoms with Crippen LogP contribution in [-0.2, 0) is 17.9 Å². The Morgan fingerprint density at radius 3 is 2.52 bits per heavy atom. The van der Waals surface area contributed by atoms with E-state index in [-0.39, 0.29) is 17.7 Å². The molecule has 6 heteroatoms. The van der Waals surface area contributed by atoms with E-state index in [0.717, 1.165) is 28.5 Å². The summed E-state index contributed by atoms with van der Waals surface area (Å²) in [7, 11) is 0. The van der Waals surface area contributed by atoms with Gasteiger partial charge < -0.3 is 4.74 Å². The summed E-state index contributed by atoms with van der Waals surface area (Å²) >= 11 is 6.95. The molecule has 0 saturated carbocycles. The van der Waals surface area contributed by atoms with Crippen LogP contribution in [0.1, 0.15) is 22.3 Å². The van der Waals surface area contributed by atoms with Gasteiger partial charge in [-0.25, -0.2) is 0 Å². The Bertz CT molecular complexity index is 1160. The molecule has 4 nitrogen and oxygen atoms in total. The van der Waals surface area contributed by atoms with Crippen LogP contribution >= 0.6 is 23.4 Å². The van der Waals surface area contributed by atoms with Gasteiger partial charge in [0.15, 0.2) is 0 Å². The molecule has 0 bridgehead atoms.